The molecule has 1 heterocycles. The molecule has 0 saturated carbocycles. The number of benzene rings is 2. The molecule has 2 aromatic rings. The summed E-state index contributed by atoms with van der Waals surface area (Å²) in [4.78, 5) is 12.3. The Bertz CT molecular complexity index is 907. The summed E-state index contributed by atoms with van der Waals surface area (Å²) in [5.74, 6) is -0.117. The maximum absolute atomic E-state index is 12.8. The number of carbonyl (C=O) groups is 1. The number of carbonyl (C=O) groups excluding carboxylic acids is 1. The molecule has 0 spiro atoms. The molecule has 1 aliphatic heterocycles. The zero-order chi connectivity index (χ0) is 20.7. The van der Waals surface area contributed by atoms with Crippen LogP contribution in [0.5, 0.6) is 5.75 Å². The number of hydrogen-bond acceptors (Lipinski definition) is 4. The predicted octanol–water partition coefficient (Wildman–Crippen LogP) is 3.80. The topological polar surface area (TPSA) is 75.7 Å². The zero-order valence-electron chi connectivity index (χ0n) is 16.1. The smallest absolute Gasteiger partial charge is 0.243 e. The van der Waals surface area contributed by atoms with E-state index in [1.54, 1.807) is 16.4 Å². The van der Waals surface area contributed by atoms with Crippen molar-refractivity contribution >= 4 is 21.6 Å². The number of anilines is 1. The number of amides is 1. The van der Waals surface area contributed by atoms with E-state index in [9.17, 15) is 17.6 Å². The highest BCUT2D eigenvalue weighted by atomic mass is 32.2. The first kappa shape index (κ1) is 21.3. The molecule has 0 aliphatic carbocycles. The van der Waals surface area contributed by atoms with E-state index in [1.807, 2.05) is 0 Å². The van der Waals surface area contributed by atoms with Gasteiger partial charge < -0.3 is 10.1 Å². The minimum atomic E-state index is -3.50. The van der Waals surface area contributed by atoms with Crippen molar-refractivity contribution in [2.24, 2.45) is 0 Å². The van der Waals surface area contributed by atoms with Gasteiger partial charge in [-0.1, -0.05) is 12.8 Å². The average Bonchev–Trinajstić information content (AvgIpc) is 3.00. The lowest BCUT2D eigenvalue weighted by Crippen LogP contribution is -2.31. The van der Waals surface area contributed by atoms with Crippen LogP contribution in [-0.4, -0.2) is 38.3 Å². The Morgan fingerprint density at radius 2 is 1.59 bits per heavy atom. The third-order valence-electron chi connectivity index (χ3n) is 4.75. The van der Waals surface area contributed by atoms with Gasteiger partial charge in [-0.15, -0.1) is 0 Å². The van der Waals surface area contributed by atoms with Crippen LogP contribution in [0.15, 0.2) is 53.4 Å². The maximum atomic E-state index is 12.8. The molecule has 0 bridgehead atoms. The molecule has 1 saturated heterocycles. The van der Waals surface area contributed by atoms with Crippen molar-refractivity contribution in [3.8, 4) is 5.75 Å². The van der Waals surface area contributed by atoms with Crippen LogP contribution in [0.1, 0.15) is 32.1 Å². The highest BCUT2D eigenvalue weighted by Crippen LogP contribution is 2.22. The second-order valence-corrected chi connectivity index (χ2v) is 8.88. The van der Waals surface area contributed by atoms with Crippen LogP contribution in [0.25, 0.3) is 0 Å². The van der Waals surface area contributed by atoms with Crippen LogP contribution in [0, 0.1) is 5.82 Å². The summed E-state index contributed by atoms with van der Waals surface area (Å²) in [6.07, 6.45) is 4.00. The highest BCUT2D eigenvalue weighted by Gasteiger charge is 2.24. The van der Waals surface area contributed by atoms with Gasteiger partial charge in [-0.05, 0) is 61.4 Å². The lowest BCUT2D eigenvalue weighted by Gasteiger charge is -2.20. The maximum Gasteiger partial charge on any atom is 0.243 e. The summed E-state index contributed by atoms with van der Waals surface area (Å²) in [6.45, 7) is 1.25. The highest BCUT2D eigenvalue weighted by molar-refractivity contribution is 7.89. The standard InChI is InChI=1S/C21H25FN2O4S/c22-17-5-9-19(10-6-17)28-16-13-21(25)23-18-7-11-20(12-8-18)29(26,27)24-14-3-1-2-4-15-24/h5-12H,1-4,13-16H2,(H,23,25). The van der Waals surface area contributed by atoms with Gasteiger partial charge in [0.05, 0.1) is 17.9 Å². The van der Waals surface area contributed by atoms with Gasteiger partial charge in [-0.2, -0.15) is 4.31 Å². The van der Waals surface area contributed by atoms with Crippen LogP contribution >= 0.6 is 0 Å². The normalized spacial score (nSPS) is 15.5. The van der Waals surface area contributed by atoms with Crippen molar-refractivity contribution in [2.45, 2.75) is 37.0 Å². The van der Waals surface area contributed by atoms with Crippen molar-refractivity contribution in [1.82, 2.24) is 4.31 Å². The van der Waals surface area contributed by atoms with Crippen molar-refractivity contribution in [3.05, 3.63) is 54.3 Å². The first-order valence-electron chi connectivity index (χ1n) is 9.73. The Morgan fingerprint density at radius 3 is 2.21 bits per heavy atom. The van der Waals surface area contributed by atoms with Gasteiger partial charge in [0.1, 0.15) is 11.6 Å². The van der Waals surface area contributed by atoms with Crippen molar-refractivity contribution in [3.63, 3.8) is 0 Å². The Hall–Kier alpha value is -2.45. The number of halogens is 1. The Labute approximate surface area is 170 Å². The SMILES string of the molecule is O=C(CCOc1ccc(F)cc1)Nc1ccc(S(=O)(=O)N2CCCCCC2)cc1. The number of nitrogens with zero attached hydrogens (tertiary/aromatic N) is 1. The molecule has 1 fully saturated rings. The van der Waals surface area contributed by atoms with E-state index in [0.29, 0.717) is 24.5 Å². The van der Waals surface area contributed by atoms with Gasteiger partial charge >= 0.3 is 0 Å². The molecule has 1 amide bonds. The average molecular weight is 421 g/mol. The summed E-state index contributed by atoms with van der Waals surface area (Å²) < 4.78 is 45.3. The largest absolute Gasteiger partial charge is 0.493 e. The van der Waals surface area contributed by atoms with E-state index in [-0.39, 0.29) is 29.6 Å². The van der Waals surface area contributed by atoms with Gasteiger partial charge in [-0.25, -0.2) is 12.8 Å². The van der Waals surface area contributed by atoms with Crippen LogP contribution in [0.2, 0.25) is 0 Å². The molecule has 8 heteroatoms. The molecule has 2 aromatic carbocycles. The molecule has 3 rings (SSSR count). The predicted molar refractivity (Wildman–Crippen MR) is 109 cm³/mol. The Morgan fingerprint density at radius 1 is 0.966 bits per heavy atom. The van der Waals surface area contributed by atoms with Gasteiger partial charge in [0.25, 0.3) is 0 Å². The molecule has 156 valence electrons. The van der Waals surface area contributed by atoms with Gasteiger partial charge in [0.2, 0.25) is 15.9 Å². The Kier molecular flexibility index (Phi) is 7.22. The fourth-order valence-corrected chi connectivity index (χ4v) is 4.67. The van der Waals surface area contributed by atoms with Crippen LogP contribution in [0.3, 0.4) is 0 Å². The summed E-state index contributed by atoms with van der Waals surface area (Å²) >= 11 is 0. The molecular formula is C21H25FN2O4S. The molecular weight excluding hydrogens is 395 g/mol. The molecule has 29 heavy (non-hydrogen) atoms. The zero-order valence-corrected chi connectivity index (χ0v) is 17.0. The molecule has 6 nitrogen and oxygen atoms in total. The van der Waals surface area contributed by atoms with Crippen LogP contribution < -0.4 is 10.1 Å². The third-order valence-corrected chi connectivity index (χ3v) is 6.67. The van der Waals surface area contributed by atoms with Crippen molar-refractivity contribution in [2.75, 3.05) is 25.0 Å². The molecule has 0 unspecified atom stereocenters. The van der Waals surface area contributed by atoms with Gasteiger partial charge in [-0.3, -0.25) is 4.79 Å². The minimum Gasteiger partial charge on any atom is -0.493 e. The monoisotopic (exact) mass is 420 g/mol. The van der Waals surface area contributed by atoms with Crippen LogP contribution in [-0.2, 0) is 14.8 Å². The van der Waals surface area contributed by atoms with Gasteiger partial charge in [0, 0.05) is 18.8 Å². The van der Waals surface area contributed by atoms with E-state index in [4.69, 9.17) is 4.74 Å². The van der Waals surface area contributed by atoms with Crippen molar-refractivity contribution < 1.29 is 22.3 Å². The number of nitrogens with one attached hydrogen (secondary N) is 1. The van der Waals surface area contributed by atoms with Crippen molar-refractivity contribution in [1.29, 1.82) is 0 Å². The number of ether oxygens (including phenoxy) is 1. The quantitative estimate of drug-likeness (QED) is 0.739. The molecule has 1 N–H and O–H groups in total. The second kappa shape index (κ2) is 9.84. The summed E-state index contributed by atoms with van der Waals surface area (Å²) in [7, 11) is -3.50. The first-order valence-corrected chi connectivity index (χ1v) is 11.2. The first-order chi connectivity index (χ1) is 13.9. The number of hydrogen-bond donors (Lipinski definition) is 1. The van der Waals surface area contributed by atoms with E-state index in [1.165, 1.54) is 36.4 Å². The lowest BCUT2D eigenvalue weighted by molar-refractivity contribution is -0.116. The fraction of sp³-hybridized carbons (Fsp3) is 0.381. The molecule has 0 radical (unpaired) electrons. The van der Waals surface area contributed by atoms with Gasteiger partial charge in [0.15, 0.2) is 0 Å². The number of rotatable bonds is 7. The van der Waals surface area contributed by atoms with E-state index < -0.39 is 10.0 Å². The third kappa shape index (κ3) is 6.01. The molecule has 0 atom stereocenters. The fourth-order valence-electron chi connectivity index (χ4n) is 3.16. The van der Waals surface area contributed by atoms with E-state index in [2.05, 4.69) is 5.32 Å². The second-order valence-electron chi connectivity index (χ2n) is 6.94. The van der Waals surface area contributed by atoms with E-state index in [0.717, 1.165) is 25.7 Å². The van der Waals surface area contributed by atoms with Crippen LogP contribution in [0.4, 0.5) is 10.1 Å². The summed E-state index contributed by atoms with van der Waals surface area (Å²) in [6, 6.07) is 11.8. The Balaban J connectivity index is 1.51. The molecule has 0 aromatic heterocycles. The minimum absolute atomic E-state index is 0.116. The number of sulfonamides is 1. The lowest BCUT2D eigenvalue weighted by atomic mass is 10.2. The molecule has 1 aliphatic rings. The van der Waals surface area contributed by atoms with E-state index >= 15 is 0 Å². The summed E-state index contributed by atoms with van der Waals surface area (Å²) in [5.41, 5.74) is 0.520. The summed E-state index contributed by atoms with van der Waals surface area (Å²) in [5, 5.41) is 2.72.